The molecule has 1 aromatic heterocycles. The number of aromatic nitrogens is 2. The fourth-order valence-electron chi connectivity index (χ4n) is 1.94. The minimum atomic E-state index is -3.48. The number of aromatic amines is 1. The number of aryl methyl sites for hydroxylation is 1. The SMILES string of the molecule is CNCCCc1ccc(S(=O)(=O)NCc2cn[nH]c2)cc1. The molecule has 0 bridgehead atoms. The van der Waals surface area contributed by atoms with Crippen LogP contribution >= 0.6 is 0 Å². The second-order valence-corrected chi connectivity index (χ2v) is 6.55. The molecule has 0 aliphatic carbocycles. The number of rotatable bonds is 8. The van der Waals surface area contributed by atoms with Gasteiger partial charge in [0.05, 0.1) is 11.1 Å². The highest BCUT2D eigenvalue weighted by Gasteiger charge is 2.13. The number of sulfonamides is 1. The maximum Gasteiger partial charge on any atom is 0.240 e. The molecule has 1 aromatic carbocycles. The molecule has 7 heteroatoms. The van der Waals surface area contributed by atoms with E-state index in [0.29, 0.717) is 0 Å². The Kier molecular flexibility index (Phi) is 5.49. The normalized spacial score (nSPS) is 11.7. The van der Waals surface area contributed by atoms with Crippen LogP contribution in [0.15, 0.2) is 41.6 Å². The summed E-state index contributed by atoms with van der Waals surface area (Å²) in [6.07, 6.45) is 5.21. The first-order valence-electron chi connectivity index (χ1n) is 6.82. The van der Waals surface area contributed by atoms with E-state index < -0.39 is 10.0 Å². The van der Waals surface area contributed by atoms with Crippen LogP contribution in [-0.2, 0) is 23.0 Å². The summed E-state index contributed by atoms with van der Waals surface area (Å²) in [5.41, 5.74) is 1.93. The molecule has 114 valence electrons. The Morgan fingerprint density at radius 1 is 1.19 bits per heavy atom. The number of H-pyrrole nitrogens is 1. The number of hydrogen-bond donors (Lipinski definition) is 3. The van der Waals surface area contributed by atoms with Crippen LogP contribution in [0.4, 0.5) is 0 Å². The molecule has 0 aliphatic heterocycles. The molecule has 0 atom stereocenters. The fourth-order valence-corrected chi connectivity index (χ4v) is 2.96. The largest absolute Gasteiger partial charge is 0.320 e. The van der Waals surface area contributed by atoms with Gasteiger partial charge in [-0.2, -0.15) is 5.10 Å². The molecule has 2 aromatic rings. The maximum absolute atomic E-state index is 12.1. The molecule has 0 unspecified atom stereocenters. The van der Waals surface area contributed by atoms with Crippen molar-refractivity contribution in [2.45, 2.75) is 24.3 Å². The predicted octanol–water partition coefficient (Wildman–Crippen LogP) is 1.04. The highest BCUT2D eigenvalue weighted by atomic mass is 32.2. The summed E-state index contributed by atoms with van der Waals surface area (Å²) in [6, 6.07) is 7.02. The molecule has 6 nitrogen and oxygen atoms in total. The molecule has 3 N–H and O–H groups in total. The van der Waals surface area contributed by atoms with E-state index >= 15 is 0 Å². The third-order valence-corrected chi connectivity index (χ3v) is 4.56. The van der Waals surface area contributed by atoms with Gasteiger partial charge in [0.1, 0.15) is 0 Å². The van der Waals surface area contributed by atoms with Gasteiger partial charge in [0, 0.05) is 18.3 Å². The first kappa shape index (κ1) is 15.7. The van der Waals surface area contributed by atoms with Crippen LogP contribution in [0.2, 0.25) is 0 Å². The van der Waals surface area contributed by atoms with Crippen LogP contribution in [-0.4, -0.2) is 32.2 Å². The van der Waals surface area contributed by atoms with Crippen molar-refractivity contribution in [1.29, 1.82) is 0 Å². The average Bonchev–Trinajstić information content (AvgIpc) is 3.00. The summed E-state index contributed by atoms with van der Waals surface area (Å²) >= 11 is 0. The van der Waals surface area contributed by atoms with Crippen LogP contribution in [0, 0.1) is 0 Å². The average molecular weight is 308 g/mol. The van der Waals surface area contributed by atoms with E-state index in [2.05, 4.69) is 20.2 Å². The quantitative estimate of drug-likeness (QED) is 0.636. The van der Waals surface area contributed by atoms with Crippen molar-refractivity contribution in [2.75, 3.05) is 13.6 Å². The molecule has 0 aliphatic rings. The lowest BCUT2D eigenvalue weighted by Gasteiger charge is -2.07. The van der Waals surface area contributed by atoms with E-state index in [-0.39, 0.29) is 11.4 Å². The lowest BCUT2D eigenvalue weighted by atomic mass is 10.1. The Labute approximate surface area is 125 Å². The molecule has 0 amide bonds. The minimum absolute atomic E-state index is 0.225. The summed E-state index contributed by atoms with van der Waals surface area (Å²) in [5.74, 6) is 0. The summed E-state index contributed by atoms with van der Waals surface area (Å²) in [4.78, 5) is 0.281. The molecule has 0 saturated carbocycles. The summed E-state index contributed by atoms with van der Waals surface area (Å²) < 4.78 is 26.8. The number of benzene rings is 1. The molecule has 2 rings (SSSR count). The van der Waals surface area contributed by atoms with E-state index in [1.807, 2.05) is 19.2 Å². The van der Waals surface area contributed by atoms with E-state index in [9.17, 15) is 8.42 Å². The van der Waals surface area contributed by atoms with Gasteiger partial charge in [-0.25, -0.2) is 13.1 Å². The van der Waals surface area contributed by atoms with Crippen LogP contribution in [0.5, 0.6) is 0 Å². The second kappa shape index (κ2) is 7.35. The van der Waals surface area contributed by atoms with Crippen molar-refractivity contribution in [3.8, 4) is 0 Å². The van der Waals surface area contributed by atoms with Crippen molar-refractivity contribution < 1.29 is 8.42 Å². The third-order valence-electron chi connectivity index (χ3n) is 3.15. The fraction of sp³-hybridized carbons (Fsp3) is 0.357. The monoisotopic (exact) mass is 308 g/mol. The molecule has 1 heterocycles. The molecule has 0 fully saturated rings. The summed E-state index contributed by atoms with van der Waals surface area (Å²) in [5, 5.41) is 9.52. The van der Waals surface area contributed by atoms with Crippen molar-refractivity contribution in [1.82, 2.24) is 20.2 Å². The van der Waals surface area contributed by atoms with Gasteiger partial charge in [-0.1, -0.05) is 12.1 Å². The summed E-state index contributed by atoms with van der Waals surface area (Å²) in [7, 11) is -1.56. The van der Waals surface area contributed by atoms with Crippen molar-refractivity contribution in [2.24, 2.45) is 0 Å². The first-order chi connectivity index (χ1) is 10.1. The zero-order chi connectivity index (χ0) is 15.1. The van der Waals surface area contributed by atoms with Crippen molar-refractivity contribution in [3.05, 3.63) is 47.8 Å². The molecular weight excluding hydrogens is 288 g/mol. The highest BCUT2D eigenvalue weighted by Crippen LogP contribution is 2.12. The van der Waals surface area contributed by atoms with Crippen LogP contribution < -0.4 is 10.0 Å². The smallest absolute Gasteiger partial charge is 0.240 e. The Hall–Kier alpha value is -1.70. The Morgan fingerprint density at radius 3 is 2.57 bits per heavy atom. The van der Waals surface area contributed by atoms with Crippen LogP contribution in [0.3, 0.4) is 0 Å². The van der Waals surface area contributed by atoms with Crippen LogP contribution in [0.25, 0.3) is 0 Å². The van der Waals surface area contributed by atoms with Crippen molar-refractivity contribution >= 4 is 10.0 Å². The van der Waals surface area contributed by atoms with Gasteiger partial charge in [-0.15, -0.1) is 0 Å². The van der Waals surface area contributed by atoms with E-state index in [0.717, 1.165) is 30.5 Å². The zero-order valence-electron chi connectivity index (χ0n) is 12.0. The zero-order valence-corrected chi connectivity index (χ0v) is 12.8. The topological polar surface area (TPSA) is 86.9 Å². The lowest BCUT2D eigenvalue weighted by molar-refractivity contribution is 0.581. The van der Waals surface area contributed by atoms with Gasteiger partial charge in [0.25, 0.3) is 0 Å². The van der Waals surface area contributed by atoms with Crippen LogP contribution in [0.1, 0.15) is 17.5 Å². The molecular formula is C14H20N4O2S. The first-order valence-corrected chi connectivity index (χ1v) is 8.31. The summed E-state index contributed by atoms with van der Waals surface area (Å²) in [6.45, 7) is 1.18. The van der Waals surface area contributed by atoms with E-state index in [4.69, 9.17) is 0 Å². The number of hydrogen-bond acceptors (Lipinski definition) is 4. The standard InChI is InChI=1S/C14H20N4O2S/c1-15-8-2-3-12-4-6-14(7-5-12)21(19,20)18-11-13-9-16-17-10-13/h4-7,9-10,15,18H,2-3,8,11H2,1H3,(H,16,17). The maximum atomic E-state index is 12.1. The molecule has 0 radical (unpaired) electrons. The van der Waals surface area contributed by atoms with E-state index in [1.54, 1.807) is 24.5 Å². The lowest BCUT2D eigenvalue weighted by Crippen LogP contribution is -2.23. The number of nitrogens with zero attached hydrogens (tertiary/aromatic N) is 1. The Bertz CT molecular complexity index is 636. The highest BCUT2D eigenvalue weighted by molar-refractivity contribution is 7.89. The molecule has 0 saturated heterocycles. The Morgan fingerprint density at radius 2 is 1.95 bits per heavy atom. The van der Waals surface area contributed by atoms with Gasteiger partial charge < -0.3 is 5.32 Å². The van der Waals surface area contributed by atoms with Gasteiger partial charge in [-0.05, 0) is 44.1 Å². The Balaban J connectivity index is 1.96. The van der Waals surface area contributed by atoms with Gasteiger partial charge in [0.2, 0.25) is 10.0 Å². The minimum Gasteiger partial charge on any atom is -0.320 e. The van der Waals surface area contributed by atoms with E-state index in [1.165, 1.54) is 0 Å². The van der Waals surface area contributed by atoms with Gasteiger partial charge >= 0.3 is 0 Å². The predicted molar refractivity (Wildman–Crippen MR) is 81.3 cm³/mol. The van der Waals surface area contributed by atoms with Gasteiger partial charge in [0.15, 0.2) is 0 Å². The molecule has 21 heavy (non-hydrogen) atoms. The number of nitrogens with one attached hydrogen (secondary N) is 3. The molecule has 0 spiro atoms. The van der Waals surface area contributed by atoms with Gasteiger partial charge in [-0.3, -0.25) is 5.10 Å². The second-order valence-electron chi connectivity index (χ2n) is 4.78. The van der Waals surface area contributed by atoms with Crippen molar-refractivity contribution in [3.63, 3.8) is 0 Å². The third kappa shape index (κ3) is 4.66.